The quantitative estimate of drug-likeness (QED) is 0.827. The van der Waals surface area contributed by atoms with Crippen LogP contribution >= 0.6 is 11.3 Å². The molecule has 0 spiro atoms. The summed E-state index contributed by atoms with van der Waals surface area (Å²) in [7, 11) is 0. The van der Waals surface area contributed by atoms with Crippen molar-refractivity contribution in [3.63, 3.8) is 0 Å². The third-order valence-electron chi connectivity index (χ3n) is 3.73. The Morgan fingerprint density at radius 2 is 2.33 bits per heavy atom. The molecule has 4 nitrogen and oxygen atoms in total. The number of carbonyl (C=O) groups is 2. The summed E-state index contributed by atoms with van der Waals surface area (Å²) in [4.78, 5) is 26.8. The maximum Gasteiger partial charge on any atom is 0.227 e. The molecule has 1 N–H and O–H groups in total. The monoisotopic (exact) mass is 264 g/mol. The van der Waals surface area contributed by atoms with Gasteiger partial charge in [0.15, 0.2) is 0 Å². The zero-order valence-corrected chi connectivity index (χ0v) is 11.0. The molecular formula is C13H16N2O2S. The van der Waals surface area contributed by atoms with Crippen molar-refractivity contribution in [2.24, 2.45) is 5.92 Å². The summed E-state index contributed by atoms with van der Waals surface area (Å²) < 4.78 is 0. The molecule has 0 aliphatic carbocycles. The van der Waals surface area contributed by atoms with Gasteiger partial charge in [-0.25, -0.2) is 0 Å². The molecule has 0 unspecified atom stereocenters. The summed E-state index contributed by atoms with van der Waals surface area (Å²) in [6.45, 7) is 2.06. The van der Waals surface area contributed by atoms with E-state index in [-0.39, 0.29) is 17.7 Å². The van der Waals surface area contributed by atoms with Crippen LogP contribution in [0.2, 0.25) is 0 Å². The van der Waals surface area contributed by atoms with Gasteiger partial charge in [-0.2, -0.15) is 0 Å². The lowest BCUT2D eigenvalue weighted by molar-refractivity contribution is -0.138. The molecule has 1 aromatic heterocycles. The molecule has 1 atom stereocenters. The normalized spacial score (nSPS) is 23.4. The first kappa shape index (κ1) is 11.7. The lowest BCUT2D eigenvalue weighted by atomic mass is 9.96. The highest BCUT2D eigenvalue weighted by atomic mass is 32.1. The van der Waals surface area contributed by atoms with Gasteiger partial charge in [0.1, 0.15) is 0 Å². The van der Waals surface area contributed by atoms with Crippen LogP contribution in [0, 0.1) is 5.92 Å². The van der Waals surface area contributed by atoms with Gasteiger partial charge in [0.05, 0.1) is 5.92 Å². The van der Waals surface area contributed by atoms with Gasteiger partial charge in [-0.05, 0) is 29.9 Å². The maximum atomic E-state index is 12.4. The standard InChI is InChI=1S/C13H16N2O2S/c16-12-2-1-9(7-14-12)13(17)15-5-3-11-10(8-15)4-6-18-11/h4,6,9H,1-3,5,7-8H2,(H,14,16)/t9-/m1/s1. The van der Waals surface area contributed by atoms with Crippen LogP contribution in [-0.4, -0.2) is 29.8 Å². The van der Waals surface area contributed by atoms with E-state index in [0.29, 0.717) is 19.4 Å². The molecule has 5 heteroatoms. The molecular weight excluding hydrogens is 248 g/mol. The number of hydrogen-bond donors (Lipinski definition) is 1. The van der Waals surface area contributed by atoms with Crippen LogP contribution in [0.15, 0.2) is 11.4 Å². The number of fused-ring (bicyclic) bond motifs is 1. The van der Waals surface area contributed by atoms with Crippen LogP contribution in [-0.2, 0) is 22.6 Å². The fraction of sp³-hybridized carbons (Fsp3) is 0.538. The summed E-state index contributed by atoms with van der Waals surface area (Å²) in [5.74, 6) is 0.243. The third-order valence-corrected chi connectivity index (χ3v) is 4.76. The minimum Gasteiger partial charge on any atom is -0.355 e. The Labute approximate surface area is 110 Å². The molecule has 0 aromatic carbocycles. The average molecular weight is 264 g/mol. The van der Waals surface area contributed by atoms with Crippen LogP contribution in [0.4, 0.5) is 0 Å². The van der Waals surface area contributed by atoms with E-state index in [1.54, 1.807) is 11.3 Å². The van der Waals surface area contributed by atoms with Gasteiger partial charge < -0.3 is 10.2 Å². The van der Waals surface area contributed by atoms with Crippen molar-refractivity contribution in [3.05, 3.63) is 21.9 Å². The molecule has 0 saturated carbocycles. The molecule has 0 radical (unpaired) electrons. The van der Waals surface area contributed by atoms with Crippen LogP contribution in [0.25, 0.3) is 0 Å². The van der Waals surface area contributed by atoms with Crippen LogP contribution in [0.3, 0.4) is 0 Å². The summed E-state index contributed by atoms with van der Waals surface area (Å²) in [5.41, 5.74) is 1.29. The number of piperidine rings is 1. The van der Waals surface area contributed by atoms with Crippen LogP contribution in [0.1, 0.15) is 23.3 Å². The van der Waals surface area contributed by atoms with Gasteiger partial charge in [-0.3, -0.25) is 9.59 Å². The zero-order valence-electron chi connectivity index (χ0n) is 10.1. The number of nitrogens with one attached hydrogen (secondary N) is 1. The first-order valence-electron chi connectivity index (χ1n) is 6.35. The molecule has 1 saturated heterocycles. The molecule has 1 fully saturated rings. The number of hydrogen-bond acceptors (Lipinski definition) is 3. The van der Waals surface area contributed by atoms with Gasteiger partial charge in [0, 0.05) is 30.9 Å². The second kappa shape index (κ2) is 4.72. The second-order valence-electron chi connectivity index (χ2n) is 4.92. The molecule has 2 amide bonds. The molecule has 3 heterocycles. The number of thiophene rings is 1. The highest BCUT2D eigenvalue weighted by molar-refractivity contribution is 7.10. The average Bonchev–Trinajstić information content (AvgIpc) is 2.86. The van der Waals surface area contributed by atoms with E-state index in [1.165, 1.54) is 10.4 Å². The van der Waals surface area contributed by atoms with Crippen LogP contribution in [0.5, 0.6) is 0 Å². The van der Waals surface area contributed by atoms with E-state index in [1.807, 2.05) is 4.90 Å². The van der Waals surface area contributed by atoms with E-state index in [4.69, 9.17) is 0 Å². The first-order chi connectivity index (χ1) is 8.74. The van der Waals surface area contributed by atoms with E-state index >= 15 is 0 Å². The van der Waals surface area contributed by atoms with Crippen molar-refractivity contribution in [1.29, 1.82) is 0 Å². The van der Waals surface area contributed by atoms with Crippen molar-refractivity contribution in [1.82, 2.24) is 10.2 Å². The summed E-state index contributed by atoms with van der Waals surface area (Å²) >= 11 is 1.78. The Morgan fingerprint density at radius 3 is 3.11 bits per heavy atom. The fourth-order valence-corrected chi connectivity index (χ4v) is 3.53. The summed E-state index contributed by atoms with van der Waals surface area (Å²) in [5, 5.41) is 4.88. The molecule has 18 heavy (non-hydrogen) atoms. The topological polar surface area (TPSA) is 49.4 Å². The number of rotatable bonds is 1. The fourth-order valence-electron chi connectivity index (χ4n) is 2.64. The summed E-state index contributed by atoms with van der Waals surface area (Å²) in [6.07, 6.45) is 2.14. The van der Waals surface area contributed by atoms with Crippen LogP contribution < -0.4 is 5.32 Å². The van der Waals surface area contributed by atoms with Gasteiger partial charge in [-0.15, -0.1) is 11.3 Å². The van der Waals surface area contributed by atoms with Crippen molar-refractivity contribution in [3.8, 4) is 0 Å². The molecule has 2 aliphatic rings. The van der Waals surface area contributed by atoms with Gasteiger partial charge in [0.25, 0.3) is 0 Å². The smallest absolute Gasteiger partial charge is 0.227 e. The number of amides is 2. The van der Waals surface area contributed by atoms with Gasteiger partial charge >= 0.3 is 0 Å². The van der Waals surface area contributed by atoms with Crippen molar-refractivity contribution in [2.75, 3.05) is 13.1 Å². The lowest BCUT2D eigenvalue weighted by Gasteiger charge is -2.32. The summed E-state index contributed by atoms with van der Waals surface area (Å²) in [6, 6.07) is 2.11. The molecule has 1 aromatic rings. The Hall–Kier alpha value is -1.36. The van der Waals surface area contributed by atoms with E-state index in [2.05, 4.69) is 16.8 Å². The van der Waals surface area contributed by atoms with Gasteiger partial charge in [0.2, 0.25) is 11.8 Å². The Bertz CT molecular complexity index is 473. The Morgan fingerprint density at radius 1 is 1.44 bits per heavy atom. The third kappa shape index (κ3) is 2.14. The van der Waals surface area contributed by atoms with E-state index in [0.717, 1.165) is 19.5 Å². The highest BCUT2D eigenvalue weighted by Gasteiger charge is 2.30. The van der Waals surface area contributed by atoms with Crippen molar-refractivity contribution >= 4 is 23.2 Å². The number of nitrogens with zero attached hydrogens (tertiary/aromatic N) is 1. The predicted molar refractivity (Wildman–Crippen MR) is 69.2 cm³/mol. The molecule has 0 bridgehead atoms. The highest BCUT2D eigenvalue weighted by Crippen LogP contribution is 2.25. The SMILES string of the molecule is O=C1CC[C@@H](C(=O)N2CCc3sccc3C2)CN1. The lowest BCUT2D eigenvalue weighted by Crippen LogP contribution is -2.46. The molecule has 96 valence electrons. The van der Waals surface area contributed by atoms with E-state index < -0.39 is 0 Å². The Kier molecular flexibility index (Phi) is 3.07. The first-order valence-corrected chi connectivity index (χ1v) is 7.23. The van der Waals surface area contributed by atoms with Gasteiger partial charge in [-0.1, -0.05) is 0 Å². The van der Waals surface area contributed by atoms with E-state index in [9.17, 15) is 9.59 Å². The second-order valence-corrected chi connectivity index (χ2v) is 5.92. The zero-order chi connectivity index (χ0) is 12.5. The maximum absolute atomic E-state index is 12.4. The number of carbonyl (C=O) groups excluding carboxylic acids is 2. The Balaban J connectivity index is 1.65. The van der Waals surface area contributed by atoms with Crippen molar-refractivity contribution < 1.29 is 9.59 Å². The minimum atomic E-state index is -0.0251. The largest absolute Gasteiger partial charge is 0.355 e. The predicted octanol–water partition coefficient (Wildman–Crippen LogP) is 1.16. The molecule has 2 aliphatic heterocycles. The molecule has 3 rings (SSSR count). The minimum absolute atomic E-state index is 0.0251. The van der Waals surface area contributed by atoms with Crippen molar-refractivity contribution in [2.45, 2.75) is 25.8 Å².